The van der Waals surface area contributed by atoms with E-state index in [0.717, 1.165) is 24.1 Å². The number of benzene rings is 2. The van der Waals surface area contributed by atoms with Gasteiger partial charge in [-0.15, -0.1) is 10.2 Å². The SMILES string of the molecule is CCCc1ccc(S(=O)(=O)N2CCc3c(c(-c4nnc(-c5ccccc5F)o4)nn3C)C2)cc1. The molecule has 1 aliphatic heterocycles. The van der Waals surface area contributed by atoms with Crippen LogP contribution in [-0.4, -0.2) is 39.2 Å². The largest absolute Gasteiger partial charge is 0.414 e. The Morgan fingerprint density at radius 3 is 2.53 bits per heavy atom. The van der Waals surface area contributed by atoms with E-state index in [9.17, 15) is 12.8 Å². The van der Waals surface area contributed by atoms with E-state index < -0.39 is 15.8 Å². The molecule has 10 heteroatoms. The van der Waals surface area contributed by atoms with E-state index in [2.05, 4.69) is 22.2 Å². The highest BCUT2D eigenvalue weighted by atomic mass is 32.2. The van der Waals surface area contributed by atoms with Crippen LogP contribution in [0.25, 0.3) is 23.0 Å². The van der Waals surface area contributed by atoms with Gasteiger partial charge >= 0.3 is 0 Å². The van der Waals surface area contributed by atoms with Crippen LogP contribution in [0.15, 0.2) is 57.8 Å². The molecule has 0 amide bonds. The third-order valence-electron chi connectivity index (χ3n) is 6.04. The van der Waals surface area contributed by atoms with Gasteiger partial charge < -0.3 is 4.42 Å². The average Bonchev–Trinajstić information content (AvgIpc) is 3.44. The second kappa shape index (κ2) is 8.77. The number of aromatic nitrogens is 4. The number of nitrogens with zero attached hydrogens (tertiary/aromatic N) is 5. The van der Waals surface area contributed by atoms with Crippen LogP contribution in [0.4, 0.5) is 4.39 Å². The molecule has 3 heterocycles. The molecule has 176 valence electrons. The molecule has 0 aliphatic carbocycles. The van der Waals surface area contributed by atoms with E-state index in [0.29, 0.717) is 24.2 Å². The van der Waals surface area contributed by atoms with E-state index in [1.165, 1.54) is 10.4 Å². The molecule has 0 bridgehead atoms. The second-order valence-corrected chi connectivity index (χ2v) is 10.2. The van der Waals surface area contributed by atoms with Gasteiger partial charge in [-0.1, -0.05) is 37.6 Å². The first-order valence-corrected chi connectivity index (χ1v) is 12.5. The number of fused-ring (bicyclic) bond motifs is 1. The van der Waals surface area contributed by atoms with Crippen LogP contribution in [0.1, 0.15) is 30.2 Å². The lowest BCUT2D eigenvalue weighted by Gasteiger charge is -2.26. The molecule has 2 aromatic carbocycles. The molecule has 5 rings (SSSR count). The summed E-state index contributed by atoms with van der Waals surface area (Å²) >= 11 is 0. The lowest BCUT2D eigenvalue weighted by atomic mass is 10.1. The Morgan fingerprint density at radius 2 is 1.79 bits per heavy atom. The van der Waals surface area contributed by atoms with Gasteiger partial charge in [0.15, 0.2) is 5.69 Å². The van der Waals surface area contributed by atoms with E-state index in [1.807, 2.05) is 12.1 Å². The number of hydrogen-bond donors (Lipinski definition) is 0. The number of rotatable bonds is 6. The van der Waals surface area contributed by atoms with Gasteiger partial charge in [0.2, 0.25) is 10.0 Å². The standard InChI is InChI=1S/C24H24FN5O3S/c1-3-6-16-9-11-17(12-10-16)34(31,32)30-14-13-21-19(15-30)22(28-29(21)2)24-27-26-23(33-24)18-7-4-5-8-20(18)25/h4-5,7-12H,3,6,13-15H2,1-2H3. The molecule has 0 saturated carbocycles. The fourth-order valence-electron chi connectivity index (χ4n) is 4.27. The van der Waals surface area contributed by atoms with E-state index in [1.54, 1.807) is 42.1 Å². The van der Waals surface area contributed by atoms with Gasteiger partial charge in [0, 0.05) is 37.8 Å². The molecule has 0 unspecified atom stereocenters. The van der Waals surface area contributed by atoms with Gasteiger partial charge in [-0.05, 0) is 36.2 Å². The van der Waals surface area contributed by atoms with Crippen molar-refractivity contribution in [1.82, 2.24) is 24.3 Å². The van der Waals surface area contributed by atoms with Crippen molar-refractivity contribution >= 4 is 10.0 Å². The molecule has 34 heavy (non-hydrogen) atoms. The average molecular weight is 482 g/mol. The summed E-state index contributed by atoms with van der Waals surface area (Å²) in [5.74, 6) is -0.304. The Hall–Kier alpha value is -3.37. The quantitative estimate of drug-likeness (QED) is 0.414. The number of sulfonamides is 1. The zero-order valence-electron chi connectivity index (χ0n) is 18.9. The van der Waals surface area contributed by atoms with E-state index in [4.69, 9.17) is 4.42 Å². The summed E-state index contributed by atoms with van der Waals surface area (Å²) in [5.41, 5.74) is 3.33. The maximum atomic E-state index is 14.2. The summed E-state index contributed by atoms with van der Waals surface area (Å²) in [5, 5.41) is 12.6. The van der Waals surface area contributed by atoms with Crippen LogP contribution in [0.2, 0.25) is 0 Å². The number of aryl methyl sites for hydroxylation is 2. The summed E-state index contributed by atoms with van der Waals surface area (Å²) in [4.78, 5) is 0.265. The molecule has 0 fully saturated rings. The molecule has 0 saturated heterocycles. The second-order valence-electron chi connectivity index (χ2n) is 8.27. The van der Waals surface area contributed by atoms with Crippen molar-refractivity contribution in [1.29, 1.82) is 0 Å². The zero-order chi connectivity index (χ0) is 23.9. The Balaban J connectivity index is 1.46. The molecular weight excluding hydrogens is 457 g/mol. The minimum absolute atomic E-state index is 0.0416. The van der Waals surface area contributed by atoms with Gasteiger partial charge in [-0.25, -0.2) is 12.8 Å². The fourth-order valence-corrected chi connectivity index (χ4v) is 5.68. The number of hydrogen-bond acceptors (Lipinski definition) is 6. The lowest BCUT2D eigenvalue weighted by molar-refractivity contribution is 0.386. The lowest BCUT2D eigenvalue weighted by Crippen LogP contribution is -2.36. The minimum Gasteiger partial charge on any atom is -0.414 e. The van der Waals surface area contributed by atoms with Gasteiger partial charge in [-0.2, -0.15) is 9.40 Å². The van der Waals surface area contributed by atoms with Gasteiger partial charge in [0.25, 0.3) is 11.8 Å². The Labute approximate surface area is 197 Å². The molecule has 0 radical (unpaired) electrons. The van der Waals surface area contributed by atoms with Crippen molar-refractivity contribution in [2.45, 2.75) is 37.6 Å². The van der Waals surface area contributed by atoms with Crippen molar-refractivity contribution < 1.29 is 17.2 Å². The van der Waals surface area contributed by atoms with Crippen LogP contribution >= 0.6 is 0 Å². The highest BCUT2D eigenvalue weighted by Crippen LogP contribution is 2.33. The first-order valence-electron chi connectivity index (χ1n) is 11.1. The van der Waals surface area contributed by atoms with Crippen molar-refractivity contribution in [3.05, 3.63) is 71.2 Å². The normalized spacial score (nSPS) is 14.3. The third kappa shape index (κ3) is 3.92. The van der Waals surface area contributed by atoms with Crippen molar-refractivity contribution in [2.75, 3.05) is 6.54 Å². The highest BCUT2D eigenvalue weighted by molar-refractivity contribution is 7.89. The van der Waals surface area contributed by atoms with E-state index >= 15 is 0 Å². The zero-order valence-corrected chi connectivity index (χ0v) is 19.7. The molecule has 4 aromatic rings. The summed E-state index contributed by atoms with van der Waals surface area (Å²) in [6.45, 7) is 2.56. The predicted octanol–water partition coefficient (Wildman–Crippen LogP) is 3.98. The highest BCUT2D eigenvalue weighted by Gasteiger charge is 2.33. The van der Waals surface area contributed by atoms with E-state index in [-0.39, 0.29) is 28.8 Å². The van der Waals surface area contributed by atoms with Crippen LogP contribution in [-0.2, 0) is 36.5 Å². The van der Waals surface area contributed by atoms with Crippen molar-refractivity contribution in [3.63, 3.8) is 0 Å². The van der Waals surface area contributed by atoms with Crippen molar-refractivity contribution in [2.24, 2.45) is 7.05 Å². The van der Waals surface area contributed by atoms with Crippen LogP contribution in [0, 0.1) is 5.82 Å². The molecule has 1 aliphatic rings. The molecule has 0 atom stereocenters. The smallest absolute Gasteiger partial charge is 0.268 e. The minimum atomic E-state index is -3.69. The molecular formula is C24H24FN5O3S. The molecule has 0 spiro atoms. The maximum Gasteiger partial charge on any atom is 0.268 e. The van der Waals surface area contributed by atoms with Crippen LogP contribution < -0.4 is 0 Å². The maximum absolute atomic E-state index is 14.2. The Bertz CT molecular complexity index is 1440. The van der Waals surface area contributed by atoms with Crippen molar-refractivity contribution in [3.8, 4) is 23.0 Å². The number of halogens is 1. The summed E-state index contributed by atoms with van der Waals surface area (Å²) in [7, 11) is -1.89. The van der Waals surface area contributed by atoms with Gasteiger partial charge in [0.05, 0.1) is 10.5 Å². The third-order valence-corrected chi connectivity index (χ3v) is 7.90. The first-order chi connectivity index (χ1) is 16.4. The Kier molecular flexibility index (Phi) is 5.78. The fraction of sp³-hybridized carbons (Fsp3) is 0.292. The summed E-state index contributed by atoms with van der Waals surface area (Å²) in [6, 6.07) is 13.2. The summed E-state index contributed by atoms with van der Waals surface area (Å²) < 4.78 is 49.8. The Morgan fingerprint density at radius 1 is 1.06 bits per heavy atom. The molecule has 8 nitrogen and oxygen atoms in total. The topological polar surface area (TPSA) is 94.1 Å². The van der Waals surface area contributed by atoms with Crippen LogP contribution in [0.5, 0.6) is 0 Å². The molecule has 2 aromatic heterocycles. The summed E-state index contributed by atoms with van der Waals surface area (Å²) in [6.07, 6.45) is 2.41. The predicted molar refractivity (Wildman–Crippen MR) is 124 cm³/mol. The molecule has 0 N–H and O–H groups in total. The van der Waals surface area contributed by atoms with Crippen LogP contribution in [0.3, 0.4) is 0 Å². The van der Waals surface area contributed by atoms with Gasteiger partial charge in [-0.3, -0.25) is 4.68 Å². The van der Waals surface area contributed by atoms with Gasteiger partial charge in [0.1, 0.15) is 5.82 Å². The first kappa shape index (κ1) is 22.4. The monoisotopic (exact) mass is 481 g/mol.